The van der Waals surface area contributed by atoms with Crippen LogP contribution >= 0.6 is 0 Å². The molecule has 2 aliphatic rings. The molecule has 4 rings (SSSR count). The van der Waals surface area contributed by atoms with Crippen LogP contribution in [-0.2, 0) is 4.74 Å². The average Bonchev–Trinajstić information content (AvgIpc) is 3.27. The molecule has 0 aromatic heterocycles. The van der Waals surface area contributed by atoms with Crippen LogP contribution in [-0.4, -0.2) is 61.7 Å². The number of benzene rings is 2. The van der Waals surface area contributed by atoms with Crippen LogP contribution in [0.1, 0.15) is 34.8 Å². The van der Waals surface area contributed by atoms with Gasteiger partial charge in [0.1, 0.15) is 5.75 Å². The van der Waals surface area contributed by atoms with Gasteiger partial charge in [0, 0.05) is 13.1 Å². The Hall–Kier alpha value is -2.37. The first-order valence-electron chi connectivity index (χ1n) is 10.1. The van der Waals surface area contributed by atoms with Gasteiger partial charge in [-0.2, -0.15) is 0 Å². The Balaban J connectivity index is 1.66. The molecule has 2 aliphatic heterocycles. The Morgan fingerprint density at radius 3 is 2.50 bits per heavy atom. The lowest BCUT2D eigenvalue weighted by Gasteiger charge is -2.43. The third-order valence-corrected chi connectivity index (χ3v) is 5.73. The number of para-hydroxylation sites is 1. The van der Waals surface area contributed by atoms with Crippen molar-refractivity contribution >= 4 is 5.91 Å². The SMILES string of the molecule is COc1ccccc1C(=O)N1CCO[C@@H](CN2CCCC2)[C@@H]1c1ccccc1. The smallest absolute Gasteiger partial charge is 0.258 e. The van der Waals surface area contributed by atoms with E-state index >= 15 is 0 Å². The molecule has 0 N–H and O–H groups in total. The Morgan fingerprint density at radius 2 is 1.75 bits per heavy atom. The molecule has 0 radical (unpaired) electrons. The van der Waals surface area contributed by atoms with E-state index in [9.17, 15) is 4.79 Å². The van der Waals surface area contributed by atoms with Gasteiger partial charge < -0.3 is 19.3 Å². The third-order valence-electron chi connectivity index (χ3n) is 5.73. The molecule has 148 valence electrons. The second-order valence-corrected chi connectivity index (χ2v) is 7.47. The summed E-state index contributed by atoms with van der Waals surface area (Å²) in [6, 6.07) is 17.6. The summed E-state index contributed by atoms with van der Waals surface area (Å²) in [7, 11) is 1.61. The number of morpholine rings is 1. The van der Waals surface area contributed by atoms with E-state index in [-0.39, 0.29) is 18.1 Å². The van der Waals surface area contributed by atoms with Crippen molar-refractivity contribution in [3.05, 3.63) is 65.7 Å². The number of hydrogen-bond donors (Lipinski definition) is 0. The molecule has 0 spiro atoms. The van der Waals surface area contributed by atoms with Gasteiger partial charge in [-0.3, -0.25) is 4.79 Å². The maximum Gasteiger partial charge on any atom is 0.258 e. The van der Waals surface area contributed by atoms with Crippen molar-refractivity contribution in [2.45, 2.75) is 25.0 Å². The van der Waals surface area contributed by atoms with E-state index in [4.69, 9.17) is 9.47 Å². The lowest BCUT2D eigenvalue weighted by Crippen LogP contribution is -2.51. The molecular formula is C23H28N2O3. The highest BCUT2D eigenvalue weighted by molar-refractivity contribution is 5.97. The second kappa shape index (κ2) is 8.76. The van der Waals surface area contributed by atoms with Crippen molar-refractivity contribution in [3.8, 4) is 5.75 Å². The van der Waals surface area contributed by atoms with Crippen molar-refractivity contribution < 1.29 is 14.3 Å². The number of likely N-dealkylation sites (tertiary alicyclic amines) is 1. The Morgan fingerprint density at radius 1 is 1.04 bits per heavy atom. The summed E-state index contributed by atoms with van der Waals surface area (Å²) >= 11 is 0. The van der Waals surface area contributed by atoms with E-state index in [0.29, 0.717) is 24.5 Å². The van der Waals surface area contributed by atoms with Gasteiger partial charge >= 0.3 is 0 Å². The number of hydrogen-bond acceptors (Lipinski definition) is 4. The predicted octanol–water partition coefficient (Wildman–Crippen LogP) is 3.37. The minimum Gasteiger partial charge on any atom is -0.496 e. The number of rotatable bonds is 5. The van der Waals surface area contributed by atoms with Gasteiger partial charge in [0.2, 0.25) is 0 Å². The first kappa shape index (κ1) is 19.0. The molecule has 5 nitrogen and oxygen atoms in total. The highest BCUT2D eigenvalue weighted by Crippen LogP contribution is 2.33. The van der Waals surface area contributed by atoms with Crippen LogP contribution in [0.25, 0.3) is 0 Å². The van der Waals surface area contributed by atoms with E-state index in [1.54, 1.807) is 7.11 Å². The lowest BCUT2D eigenvalue weighted by atomic mass is 9.96. The van der Waals surface area contributed by atoms with Crippen LogP contribution in [0.4, 0.5) is 0 Å². The summed E-state index contributed by atoms with van der Waals surface area (Å²) in [4.78, 5) is 17.9. The van der Waals surface area contributed by atoms with Gasteiger partial charge in [-0.1, -0.05) is 42.5 Å². The molecule has 1 amide bonds. The molecule has 2 aromatic carbocycles. The monoisotopic (exact) mass is 380 g/mol. The van der Waals surface area contributed by atoms with Crippen molar-refractivity contribution in [2.75, 3.05) is 39.9 Å². The molecule has 2 heterocycles. The van der Waals surface area contributed by atoms with Gasteiger partial charge in [0.05, 0.1) is 31.4 Å². The Bertz CT molecular complexity index is 789. The van der Waals surface area contributed by atoms with Crippen LogP contribution in [0.3, 0.4) is 0 Å². The normalized spacial score (nSPS) is 23.0. The number of methoxy groups -OCH3 is 1. The Labute approximate surface area is 166 Å². The van der Waals surface area contributed by atoms with Crippen LogP contribution < -0.4 is 4.74 Å². The molecule has 2 atom stereocenters. The fraction of sp³-hybridized carbons (Fsp3) is 0.435. The quantitative estimate of drug-likeness (QED) is 0.798. The summed E-state index contributed by atoms with van der Waals surface area (Å²) in [6.45, 7) is 4.22. The van der Waals surface area contributed by atoms with Gasteiger partial charge in [-0.25, -0.2) is 0 Å². The van der Waals surface area contributed by atoms with Crippen LogP contribution in [0.15, 0.2) is 54.6 Å². The van der Waals surface area contributed by atoms with Gasteiger partial charge in [0.25, 0.3) is 5.91 Å². The summed E-state index contributed by atoms with van der Waals surface area (Å²) in [6.07, 6.45) is 2.45. The number of ether oxygens (including phenoxy) is 2. The van der Waals surface area contributed by atoms with Gasteiger partial charge in [-0.15, -0.1) is 0 Å². The summed E-state index contributed by atoms with van der Waals surface area (Å²) in [5.41, 5.74) is 1.72. The molecule has 0 bridgehead atoms. The number of amides is 1. The molecule has 2 aromatic rings. The second-order valence-electron chi connectivity index (χ2n) is 7.47. The molecule has 28 heavy (non-hydrogen) atoms. The lowest BCUT2D eigenvalue weighted by molar-refractivity contribution is -0.0707. The summed E-state index contributed by atoms with van der Waals surface area (Å²) in [5.74, 6) is 0.614. The minimum atomic E-state index is -0.104. The molecule has 0 aliphatic carbocycles. The van der Waals surface area contributed by atoms with Crippen molar-refractivity contribution in [1.29, 1.82) is 0 Å². The van der Waals surface area contributed by atoms with Crippen molar-refractivity contribution in [1.82, 2.24) is 9.80 Å². The number of nitrogens with zero attached hydrogens (tertiary/aromatic N) is 2. The number of carbonyl (C=O) groups excluding carboxylic acids is 1. The van der Waals surface area contributed by atoms with Crippen molar-refractivity contribution in [3.63, 3.8) is 0 Å². The first-order valence-corrected chi connectivity index (χ1v) is 10.1. The predicted molar refractivity (Wildman–Crippen MR) is 109 cm³/mol. The largest absolute Gasteiger partial charge is 0.496 e. The zero-order valence-corrected chi connectivity index (χ0v) is 16.4. The molecule has 2 saturated heterocycles. The first-order chi connectivity index (χ1) is 13.8. The van der Waals surface area contributed by atoms with E-state index in [1.165, 1.54) is 12.8 Å². The molecule has 0 saturated carbocycles. The van der Waals surface area contributed by atoms with Crippen molar-refractivity contribution in [2.24, 2.45) is 0 Å². The standard InChI is InChI=1S/C23H28N2O3/c1-27-20-12-6-5-11-19(20)23(26)25-15-16-28-21(17-24-13-7-8-14-24)22(25)18-9-3-2-4-10-18/h2-6,9-12,21-22H,7-8,13-17H2,1H3/t21-,22-/m0/s1. The zero-order chi connectivity index (χ0) is 19.3. The third kappa shape index (κ3) is 3.91. The fourth-order valence-corrected chi connectivity index (χ4v) is 4.35. The van der Waals surface area contributed by atoms with Crippen LogP contribution in [0, 0.1) is 0 Å². The highest BCUT2D eigenvalue weighted by atomic mass is 16.5. The molecular weight excluding hydrogens is 352 g/mol. The molecule has 2 fully saturated rings. The van der Waals surface area contributed by atoms with Crippen LogP contribution in [0.2, 0.25) is 0 Å². The zero-order valence-electron chi connectivity index (χ0n) is 16.4. The van der Waals surface area contributed by atoms with Gasteiger partial charge in [0.15, 0.2) is 0 Å². The maximum atomic E-state index is 13.5. The molecule has 5 heteroatoms. The van der Waals surface area contributed by atoms with Gasteiger partial charge in [-0.05, 0) is 43.6 Å². The van der Waals surface area contributed by atoms with E-state index in [2.05, 4.69) is 17.0 Å². The maximum absolute atomic E-state index is 13.5. The summed E-state index contributed by atoms with van der Waals surface area (Å²) < 4.78 is 11.7. The summed E-state index contributed by atoms with van der Waals surface area (Å²) in [5, 5.41) is 0. The number of carbonyl (C=O) groups is 1. The van der Waals surface area contributed by atoms with Crippen LogP contribution in [0.5, 0.6) is 5.75 Å². The van der Waals surface area contributed by atoms with E-state index in [0.717, 1.165) is 25.2 Å². The minimum absolute atomic E-state index is 0.000949. The fourth-order valence-electron chi connectivity index (χ4n) is 4.35. The Kier molecular flexibility index (Phi) is 5.93. The molecule has 0 unspecified atom stereocenters. The van der Waals surface area contributed by atoms with E-state index < -0.39 is 0 Å². The average molecular weight is 380 g/mol. The topological polar surface area (TPSA) is 42.0 Å². The highest BCUT2D eigenvalue weighted by Gasteiger charge is 2.38. The van der Waals surface area contributed by atoms with E-state index in [1.807, 2.05) is 47.4 Å².